The highest BCUT2D eigenvalue weighted by molar-refractivity contribution is 5.76. The summed E-state index contributed by atoms with van der Waals surface area (Å²) < 4.78 is 10.7. The number of carbonyl (C=O) groups is 1. The summed E-state index contributed by atoms with van der Waals surface area (Å²) >= 11 is 0. The van der Waals surface area contributed by atoms with Crippen LogP contribution in [0.25, 0.3) is 11.4 Å². The van der Waals surface area contributed by atoms with Gasteiger partial charge in [0.05, 0.1) is 7.11 Å². The number of nitrogens with one attached hydrogen (secondary N) is 1. The third kappa shape index (κ3) is 6.06. The van der Waals surface area contributed by atoms with E-state index >= 15 is 0 Å². The summed E-state index contributed by atoms with van der Waals surface area (Å²) in [6, 6.07) is 7.18. The highest BCUT2D eigenvalue weighted by atomic mass is 16.5. The maximum absolute atomic E-state index is 12.3. The van der Waals surface area contributed by atoms with E-state index in [-0.39, 0.29) is 17.9 Å². The fraction of sp³-hybridized carbons (Fsp3) is 0.550. The number of rotatable bonds is 11. The number of benzene rings is 1. The Morgan fingerprint density at radius 1 is 1.33 bits per heavy atom. The molecule has 0 radical (unpaired) electrons. The molecule has 3 N–H and O–H groups in total. The van der Waals surface area contributed by atoms with E-state index in [4.69, 9.17) is 15.0 Å². The summed E-state index contributed by atoms with van der Waals surface area (Å²) in [6.45, 7) is 4.80. The first-order valence-electron chi connectivity index (χ1n) is 9.56. The van der Waals surface area contributed by atoms with E-state index in [9.17, 15) is 4.79 Å². The molecule has 0 spiro atoms. The van der Waals surface area contributed by atoms with E-state index < -0.39 is 0 Å². The number of methoxy groups -OCH3 is 1. The SMILES string of the molecule is CC[C@@H](C)[C@H](NC(=O)CCCCCN)c1nc(-c2cccc(OC)c2)no1. The Bertz CT molecular complexity index is 717. The molecule has 1 aromatic heterocycles. The zero-order valence-corrected chi connectivity index (χ0v) is 16.4. The standard InChI is InChI=1S/C20H30N4O3/c1-4-14(2)18(22-17(25)11-6-5-7-12-21)20-23-19(24-27-20)15-9-8-10-16(13-15)26-3/h8-10,13-14,18H,4-7,11-12,21H2,1-3H3,(H,22,25)/t14-,18+/m1/s1. The first kappa shape index (κ1) is 20.9. The Morgan fingerprint density at radius 2 is 2.15 bits per heavy atom. The Kier molecular flexibility index (Phi) is 8.26. The molecule has 7 heteroatoms. The lowest BCUT2D eigenvalue weighted by atomic mass is 9.98. The number of nitrogens with zero attached hydrogens (tertiary/aromatic N) is 2. The lowest BCUT2D eigenvalue weighted by molar-refractivity contribution is -0.122. The summed E-state index contributed by atoms with van der Waals surface area (Å²) in [7, 11) is 1.61. The van der Waals surface area contributed by atoms with E-state index in [0.717, 1.165) is 37.0 Å². The van der Waals surface area contributed by atoms with Crippen molar-refractivity contribution in [2.75, 3.05) is 13.7 Å². The first-order valence-corrected chi connectivity index (χ1v) is 9.56. The number of hydrogen-bond donors (Lipinski definition) is 2. The molecular formula is C20H30N4O3. The molecule has 0 aliphatic rings. The third-order valence-electron chi connectivity index (χ3n) is 4.67. The Hall–Kier alpha value is -2.41. The van der Waals surface area contributed by atoms with Crippen LogP contribution in [-0.4, -0.2) is 29.7 Å². The van der Waals surface area contributed by atoms with Crippen molar-refractivity contribution in [3.63, 3.8) is 0 Å². The van der Waals surface area contributed by atoms with Gasteiger partial charge in [0.1, 0.15) is 11.8 Å². The molecule has 0 bridgehead atoms. The van der Waals surface area contributed by atoms with E-state index in [2.05, 4.69) is 29.3 Å². The van der Waals surface area contributed by atoms with Crippen molar-refractivity contribution >= 4 is 5.91 Å². The predicted molar refractivity (Wildman–Crippen MR) is 104 cm³/mol. The minimum atomic E-state index is -0.302. The van der Waals surface area contributed by atoms with Gasteiger partial charge in [-0.3, -0.25) is 4.79 Å². The van der Waals surface area contributed by atoms with Gasteiger partial charge in [-0.05, 0) is 37.4 Å². The summed E-state index contributed by atoms with van der Waals surface area (Å²) in [6.07, 6.45) is 4.09. The Balaban J connectivity index is 2.10. The van der Waals surface area contributed by atoms with Crippen molar-refractivity contribution in [2.24, 2.45) is 11.7 Å². The minimum Gasteiger partial charge on any atom is -0.497 e. The summed E-state index contributed by atoms with van der Waals surface area (Å²) in [4.78, 5) is 16.8. The Morgan fingerprint density at radius 3 is 2.85 bits per heavy atom. The van der Waals surface area contributed by atoms with Crippen LogP contribution in [0.2, 0.25) is 0 Å². The fourth-order valence-corrected chi connectivity index (χ4v) is 2.78. The third-order valence-corrected chi connectivity index (χ3v) is 4.67. The molecular weight excluding hydrogens is 344 g/mol. The molecule has 0 saturated carbocycles. The van der Waals surface area contributed by atoms with Crippen molar-refractivity contribution < 1.29 is 14.1 Å². The van der Waals surface area contributed by atoms with Crippen LogP contribution in [0.4, 0.5) is 0 Å². The summed E-state index contributed by atoms with van der Waals surface area (Å²) in [5.41, 5.74) is 6.30. The van der Waals surface area contributed by atoms with Crippen LogP contribution in [-0.2, 0) is 4.79 Å². The second-order valence-corrected chi connectivity index (χ2v) is 6.72. The second kappa shape index (κ2) is 10.7. The monoisotopic (exact) mass is 374 g/mol. The number of amides is 1. The van der Waals surface area contributed by atoms with Gasteiger partial charge in [0, 0.05) is 12.0 Å². The Labute approximate surface area is 160 Å². The zero-order chi connectivity index (χ0) is 19.6. The van der Waals surface area contributed by atoms with Gasteiger partial charge in [0.15, 0.2) is 0 Å². The van der Waals surface area contributed by atoms with Crippen molar-refractivity contribution in [2.45, 2.75) is 52.0 Å². The quantitative estimate of drug-likeness (QED) is 0.584. The average Bonchev–Trinajstić information content (AvgIpc) is 3.19. The molecule has 2 atom stereocenters. The van der Waals surface area contributed by atoms with Gasteiger partial charge in [-0.25, -0.2) is 0 Å². The smallest absolute Gasteiger partial charge is 0.249 e. The number of aromatic nitrogens is 2. The molecule has 0 aliphatic heterocycles. The largest absolute Gasteiger partial charge is 0.497 e. The van der Waals surface area contributed by atoms with Crippen LogP contribution in [0.15, 0.2) is 28.8 Å². The molecule has 0 unspecified atom stereocenters. The van der Waals surface area contributed by atoms with Gasteiger partial charge in [-0.2, -0.15) is 4.98 Å². The van der Waals surface area contributed by atoms with Crippen LogP contribution >= 0.6 is 0 Å². The van der Waals surface area contributed by atoms with Crippen LogP contribution < -0.4 is 15.8 Å². The van der Waals surface area contributed by atoms with Gasteiger partial charge in [-0.15, -0.1) is 0 Å². The molecule has 0 aliphatic carbocycles. The lowest BCUT2D eigenvalue weighted by Gasteiger charge is -2.20. The minimum absolute atomic E-state index is 0.00143. The normalized spacial score (nSPS) is 13.2. The molecule has 1 heterocycles. The van der Waals surface area contributed by atoms with Gasteiger partial charge in [-0.1, -0.05) is 44.0 Å². The molecule has 2 aromatic rings. The van der Waals surface area contributed by atoms with Gasteiger partial charge < -0.3 is 20.3 Å². The molecule has 0 saturated heterocycles. The second-order valence-electron chi connectivity index (χ2n) is 6.72. The van der Waals surface area contributed by atoms with Crippen LogP contribution in [0.1, 0.15) is 57.9 Å². The zero-order valence-electron chi connectivity index (χ0n) is 16.4. The van der Waals surface area contributed by atoms with E-state index in [1.807, 2.05) is 24.3 Å². The summed E-state index contributed by atoms with van der Waals surface area (Å²) in [5, 5.41) is 7.14. The highest BCUT2D eigenvalue weighted by Gasteiger charge is 2.26. The van der Waals surface area contributed by atoms with E-state index in [1.165, 1.54) is 0 Å². The van der Waals surface area contributed by atoms with E-state index in [1.54, 1.807) is 7.11 Å². The summed E-state index contributed by atoms with van der Waals surface area (Å²) in [5.74, 6) is 1.81. The molecule has 1 amide bonds. The molecule has 27 heavy (non-hydrogen) atoms. The predicted octanol–water partition coefficient (Wildman–Crippen LogP) is 3.47. The molecule has 148 valence electrons. The van der Waals surface area contributed by atoms with Crippen molar-refractivity contribution in [3.05, 3.63) is 30.2 Å². The lowest BCUT2D eigenvalue weighted by Crippen LogP contribution is -2.32. The van der Waals surface area contributed by atoms with E-state index in [0.29, 0.717) is 24.7 Å². The number of carbonyl (C=O) groups excluding carboxylic acids is 1. The molecule has 7 nitrogen and oxygen atoms in total. The van der Waals surface area contributed by atoms with Gasteiger partial charge in [0.2, 0.25) is 17.6 Å². The van der Waals surface area contributed by atoms with Crippen LogP contribution in [0.5, 0.6) is 5.75 Å². The van der Waals surface area contributed by atoms with Crippen molar-refractivity contribution in [1.82, 2.24) is 15.5 Å². The molecule has 1 aromatic carbocycles. The number of hydrogen-bond acceptors (Lipinski definition) is 6. The van der Waals surface area contributed by atoms with Crippen LogP contribution in [0, 0.1) is 5.92 Å². The average molecular weight is 374 g/mol. The molecule has 2 rings (SSSR count). The van der Waals surface area contributed by atoms with Crippen molar-refractivity contribution in [1.29, 1.82) is 0 Å². The number of ether oxygens (including phenoxy) is 1. The fourth-order valence-electron chi connectivity index (χ4n) is 2.78. The van der Waals surface area contributed by atoms with Crippen molar-refractivity contribution in [3.8, 4) is 17.1 Å². The maximum Gasteiger partial charge on any atom is 0.249 e. The molecule has 0 fully saturated rings. The number of nitrogens with two attached hydrogens (primary N) is 1. The van der Waals surface area contributed by atoms with Crippen LogP contribution in [0.3, 0.4) is 0 Å². The highest BCUT2D eigenvalue weighted by Crippen LogP contribution is 2.27. The first-order chi connectivity index (χ1) is 13.1. The number of unbranched alkanes of at least 4 members (excludes halogenated alkanes) is 2. The topological polar surface area (TPSA) is 103 Å². The maximum atomic E-state index is 12.3. The van der Waals surface area contributed by atoms with Gasteiger partial charge >= 0.3 is 0 Å². The van der Waals surface area contributed by atoms with Gasteiger partial charge in [0.25, 0.3) is 0 Å².